The predicted octanol–water partition coefficient (Wildman–Crippen LogP) is 1.65. The Labute approximate surface area is 236 Å². The van der Waals surface area contributed by atoms with Crippen LogP contribution in [-0.2, 0) is 31.4 Å². The molecular weight excluding hydrogens is 579 g/mol. The molecule has 0 saturated carbocycles. The Bertz CT molecular complexity index is 1700. The number of nitrogens with one attached hydrogen (secondary N) is 1. The SMILES string of the molecule is CS(=O)(=O)N1CCN(Cc2cc3nc(-c4cccc5[nH]ncc45)nc(N4CCOCC4)c3s2)CC1.CS(=O)(=O)O. The topological polar surface area (TPSA) is 162 Å². The summed E-state index contributed by atoms with van der Waals surface area (Å²) >= 11 is 1.73. The molecule has 0 unspecified atom stereocenters. The maximum Gasteiger partial charge on any atom is 0.261 e. The number of rotatable bonds is 5. The molecule has 0 atom stereocenters. The molecule has 216 valence electrons. The zero-order chi connectivity index (χ0) is 28.5. The predicted molar refractivity (Wildman–Crippen MR) is 155 cm³/mol. The molecule has 0 aliphatic carbocycles. The third kappa shape index (κ3) is 6.94. The second-order valence-corrected chi connectivity index (χ2v) is 14.3. The lowest BCUT2D eigenvalue weighted by atomic mass is 10.1. The molecule has 0 radical (unpaired) electrons. The Morgan fingerprint density at radius 1 is 1.02 bits per heavy atom. The third-order valence-corrected chi connectivity index (χ3v) is 9.03. The van der Waals surface area contributed by atoms with Crippen molar-refractivity contribution in [3.8, 4) is 11.4 Å². The first-order chi connectivity index (χ1) is 19.0. The van der Waals surface area contributed by atoms with Crippen LogP contribution in [0.1, 0.15) is 4.88 Å². The number of H-pyrrole nitrogens is 1. The summed E-state index contributed by atoms with van der Waals surface area (Å²) in [5.41, 5.74) is 2.85. The van der Waals surface area contributed by atoms with Gasteiger partial charge in [0.2, 0.25) is 10.0 Å². The van der Waals surface area contributed by atoms with Gasteiger partial charge in [-0.05, 0) is 12.1 Å². The van der Waals surface area contributed by atoms with E-state index in [0.717, 1.165) is 65.2 Å². The van der Waals surface area contributed by atoms with Crippen molar-refractivity contribution in [2.24, 2.45) is 0 Å². The Morgan fingerprint density at radius 3 is 2.40 bits per heavy atom. The molecule has 2 fully saturated rings. The first kappa shape index (κ1) is 28.8. The number of hydrogen-bond donors (Lipinski definition) is 2. The second kappa shape index (κ2) is 11.6. The summed E-state index contributed by atoms with van der Waals surface area (Å²) in [7, 11) is -6.80. The number of anilines is 1. The van der Waals surface area contributed by atoms with Gasteiger partial charge in [0.15, 0.2) is 11.6 Å². The molecule has 4 aromatic rings. The van der Waals surface area contributed by atoms with E-state index in [1.807, 2.05) is 24.4 Å². The summed E-state index contributed by atoms with van der Waals surface area (Å²) < 4.78 is 57.8. The number of morpholine rings is 1. The Morgan fingerprint density at radius 2 is 1.73 bits per heavy atom. The summed E-state index contributed by atoms with van der Waals surface area (Å²) in [5.74, 6) is 1.64. The highest BCUT2D eigenvalue weighted by molar-refractivity contribution is 7.88. The van der Waals surface area contributed by atoms with Gasteiger partial charge >= 0.3 is 0 Å². The number of thiophene rings is 1. The van der Waals surface area contributed by atoms with Gasteiger partial charge < -0.3 is 9.64 Å². The zero-order valence-corrected chi connectivity index (χ0v) is 24.6. The van der Waals surface area contributed by atoms with Crippen molar-refractivity contribution in [3.05, 3.63) is 35.3 Å². The summed E-state index contributed by atoms with van der Waals surface area (Å²) in [6.45, 7) is 6.22. The highest BCUT2D eigenvalue weighted by Gasteiger charge is 2.25. The van der Waals surface area contributed by atoms with Gasteiger partial charge in [0, 0.05) is 61.6 Å². The van der Waals surface area contributed by atoms with Gasteiger partial charge in [-0.15, -0.1) is 11.3 Å². The minimum atomic E-state index is -3.67. The summed E-state index contributed by atoms with van der Waals surface area (Å²) in [6.07, 6.45) is 3.82. The fraction of sp³-hybridized carbons (Fsp3) is 0.458. The summed E-state index contributed by atoms with van der Waals surface area (Å²) in [5, 5.41) is 8.23. The van der Waals surface area contributed by atoms with Crippen molar-refractivity contribution in [1.82, 2.24) is 29.4 Å². The van der Waals surface area contributed by atoms with Crippen molar-refractivity contribution >= 4 is 58.4 Å². The van der Waals surface area contributed by atoms with Crippen molar-refractivity contribution in [3.63, 3.8) is 0 Å². The summed E-state index contributed by atoms with van der Waals surface area (Å²) in [4.78, 5) is 15.8. The Hall–Kier alpha value is -2.73. The molecule has 0 spiro atoms. The van der Waals surface area contributed by atoms with Crippen LogP contribution in [0.25, 0.3) is 32.5 Å². The first-order valence-corrected chi connectivity index (χ1v) is 17.1. The van der Waals surface area contributed by atoms with E-state index in [9.17, 15) is 16.8 Å². The van der Waals surface area contributed by atoms with E-state index < -0.39 is 20.1 Å². The molecule has 13 nitrogen and oxygen atoms in total. The van der Waals surface area contributed by atoms with Gasteiger partial charge in [0.25, 0.3) is 10.1 Å². The molecule has 2 aliphatic heterocycles. The van der Waals surface area contributed by atoms with Crippen molar-refractivity contribution in [1.29, 1.82) is 0 Å². The van der Waals surface area contributed by atoms with Gasteiger partial charge in [-0.2, -0.15) is 17.8 Å². The van der Waals surface area contributed by atoms with E-state index in [2.05, 4.69) is 26.1 Å². The number of hydrogen-bond acceptors (Lipinski definition) is 11. The van der Waals surface area contributed by atoms with Gasteiger partial charge in [-0.25, -0.2) is 18.4 Å². The van der Waals surface area contributed by atoms with Crippen LogP contribution in [0.15, 0.2) is 30.5 Å². The molecule has 16 heteroatoms. The largest absolute Gasteiger partial charge is 0.378 e. The molecule has 40 heavy (non-hydrogen) atoms. The minimum Gasteiger partial charge on any atom is -0.378 e. The molecule has 0 amide bonds. The highest BCUT2D eigenvalue weighted by Crippen LogP contribution is 2.36. The Kier molecular flexibility index (Phi) is 8.37. The van der Waals surface area contributed by atoms with Crippen LogP contribution in [0.2, 0.25) is 0 Å². The molecule has 2 N–H and O–H groups in total. The van der Waals surface area contributed by atoms with Gasteiger partial charge in [-0.3, -0.25) is 14.6 Å². The van der Waals surface area contributed by atoms with Crippen molar-refractivity contribution in [2.75, 3.05) is 69.9 Å². The van der Waals surface area contributed by atoms with Crippen LogP contribution in [0.5, 0.6) is 0 Å². The van der Waals surface area contributed by atoms with Crippen LogP contribution in [0.4, 0.5) is 5.82 Å². The maximum absolute atomic E-state index is 11.8. The molecule has 0 bridgehead atoms. The monoisotopic (exact) mass is 609 g/mol. The number of fused-ring (bicyclic) bond motifs is 2. The maximum atomic E-state index is 11.8. The molecule has 5 heterocycles. The van der Waals surface area contributed by atoms with Crippen molar-refractivity contribution < 1.29 is 26.1 Å². The van der Waals surface area contributed by atoms with Gasteiger partial charge in [0.05, 0.1) is 47.7 Å². The molecule has 6 rings (SSSR count). The average Bonchev–Trinajstić information content (AvgIpc) is 3.54. The lowest BCUT2D eigenvalue weighted by Crippen LogP contribution is -2.47. The lowest BCUT2D eigenvalue weighted by molar-refractivity contribution is 0.122. The molecule has 3 aromatic heterocycles. The smallest absolute Gasteiger partial charge is 0.261 e. The first-order valence-electron chi connectivity index (χ1n) is 12.6. The second-order valence-electron chi connectivity index (χ2n) is 9.71. The van der Waals surface area contributed by atoms with Gasteiger partial charge in [0.1, 0.15) is 0 Å². The number of ether oxygens (including phenoxy) is 1. The van der Waals surface area contributed by atoms with E-state index in [0.29, 0.717) is 38.4 Å². The number of benzene rings is 1. The zero-order valence-electron chi connectivity index (χ0n) is 22.1. The van der Waals surface area contributed by atoms with E-state index in [-0.39, 0.29) is 0 Å². The van der Waals surface area contributed by atoms with E-state index in [1.54, 1.807) is 15.6 Å². The molecule has 2 aliphatic rings. The number of sulfonamides is 1. The van der Waals surface area contributed by atoms with Crippen LogP contribution in [0.3, 0.4) is 0 Å². The van der Waals surface area contributed by atoms with Crippen LogP contribution >= 0.6 is 11.3 Å². The average molecular weight is 610 g/mol. The third-order valence-electron chi connectivity index (χ3n) is 6.62. The minimum absolute atomic E-state index is 0.529. The van der Waals surface area contributed by atoms with Crippen molar-refractivity contribution in [2.45, 2.75) is 6.54 Å². The highest BCUT2D eigenvalue weighted by atomic mass is 32.2. The number of aromatic amines is 1. The fourth-order valence-electron chi connectivity index (χ4n) is 4.75. The van der Waals surface area contributed by atoms with Gasteiger partial charge in [-0.1, -0.05) is 12.1 Å². The van der Waals surface area contributed by atoms with Crippen LogP contribution in [0, 0.1) is 0 Å². The van der Waals surface area contributed by atoms with E-state index >= 15 is 0 Å². The van der Waals surface area contributed by atoms with E-state index in [4.69, 9.17) is 19.3 Å². The van der Waals surface area contributed by atoms with E-state index in [1.165, 1.54) is 11.1 Å². The standard InChI is InChI=1S/C23H27N7O3S2.CH4O3S/c1-35(31,32)30-7-5-28(6-8-30)15-16-13-20-21(34-16)23(29-9-11-33-12-10-29)26-22(25-20)17-3-2-4-19-18(17)14-24-27-19;1-5(2,3)4/h2-4,13-14H,5-12,15H2,1H3,(H,24,27);1H3,(H,2,3,4). The summed E-state index contributed by atoms with van der Waals surface area (Å²) in [6, 6.07) is 8.19. The molecule has 1 aromatic carbocycles. The number of piperazine rings is 1. The number of aromatic nitrogens is 4. The Balaban J connectivity index is 0.000000595. The molecular formula is C24H31N7O6S3. The van der Waals surface area contributed by atoms with Crippen LogP contribution in [-0.4, -0.2) is 116 Å². The van der Waals surface area contributed by atoms with Crippen LogP contribution < -0.4 is 4.90 Å². The normalized spacial score (nSPS) is 17.7. The number of nitrogens with zero attached hydrogens (tertiary/aromatic N) is 6. The quantitative estimate of drug-likeness (QED) is 0.317. The molecule has 2 saturated heterocycles. The fourth-order valence-corrected chi connectivity index (χ4v) is 6.74. The lowest BCUT2D eigenvalue weighted by Gasteiger charge is -2.32.